The van der Waals surface area contributed by atoms with Crippen molar-refractivity contribution in [3.8, 4) is 55.9 Å². The summed E-state index contributed by atoms with van der Waals surface area (Å²) in [4.78, 5) is 2.39. The molecule has 0 atom stereocenters. The second kappa shape index (κ2) is 17.6. The number of anilines is 3. The summed E-state index contributed by atoms with van der Waals surface area (Å²) in [5.41, 5.74) is 20.0. The monoisotopic (exact) mass is 929 g/mol. The molecule has 0 aliphatic rings. The molecule has 0 spiro atoms. The number of rotatable bonds is 9. The van der Waals surface area contributed by atoms with Gasteiger partial charge < -0.3 is 14.0 Å². The number of para-hydroxylation sites is 4. The first-order chi connectivity index (χ1) is 36.2. The third-order valence-electron chi connectivity index (χ3n) is 14.7. The van der Waals surface area contributed by atoms with E-state index >= 15 is 0 Å². The Morgan fingerprint density at radius 2 is 0.589 bits per heavy atom. The maximum absolute atomic E-state index is 2.39. The Morgan fingerprint density at radius 1 is 0.219 bits per heavy atom. The molecule has 3 heteroatoms. The number of fused-ring (bicyclic) bond motifs is 7. The average molecular weight is 930 g/mol. The average Bonchev–Trinajstić information content (AvgIpc) is 3.99. The van der Waals surface area contributed by atoms with E-state index in [-0.39, 0.29) is 0 Å². The van der Waals surface area contributed by atoms with E-state index in [1.165, 1.54) is 105 Å². The van der Waals surface area contributed by atoms with Gasteiger partial charge in [-0.25, -0.2) is 0 Å². The number of hydrogen-bond donors (Lipinski definition) is 0. The Bertz CT molecular complexity index is 4310. The number of aromatic nitrogens is 2. The van der Waals surface area contributed by atoms with Gasteiger partial charge in [-0.1, -0.05) is 200 Å². The van der Waals surface area contributed by atoms with Gasteiger partial charge in [-0.15, -0.1) is 0 Å². The van der Waals surface area contributed by atoms with E-state index in [9.17, 15) is 0 Å². The molecule has 0 saturated heterocycles. The van der Waals surface area contributed by atoms with Crippen molar-refractivity contribution in [2.45, 2.75) is 0 Å². The second-order valence-corrected chi connectivity index (χ2v) is 18.9. The minimum absolute atomic E-state index is 1.10. The van der Waals surface area contributed by atoms with Crippen LogP contribution in [0.3, 0.4) is 0 Å². The molecular formula is C70H47N3. The number of hydrogen-bond acceptors (Lipinski definition) is 1. The topological polar surface area (TPSA) is 13.1 Å². The van der Waals surface area contributed by atoms with Crippen molar-refractivity contribution in [2.24, 2.45) is 0 Å². The summed E-state index contributed by atoms with van der Waals surface area (Å²) in [6, 6.07) is 104. The predicted octanol–water partition coefficient (Wildman–Crippen LogP) is 19.2. The van der Waals surface area contributed by atoms with Crippen LogP contribution in [0, 0.1) is 0 Å². The van der Waals surface area contributed by atoms with E-state index in [1.54, 1.807) is 0 Å². The van der Waals surface area contributed by atoms with Gasteiger partial charge in [-0.2, -0.15) is 0 Å². The number of nitrogens with zero attached hydrogens (tertiary/aromatic N) is 3. The van der Waals surface area contributed by atoms with E-state index in [4.69, 9.17) is 0 Å². The minimum atomic E-state index is 1.10. The molecule has 0 aliphatic heterocycles. The van der Waals surface area contributed by atoms with Gasteiger partial charge in [0, 0.05) is 49.7 Å². The Labute approximate surface area is 424 Å². The summed E-state index contributed by atoms with van der Waals surface area (Å²) in [5.74, 6) is 0. The van der Waals surface area contributed by atoms with Crippen LogP contribution in [0.1, 0.15) is 0 Å². The first-order valence-corrected chi connectivity index (χ1v) is 25.1. The van der Waals surface area contributed by atoms with Crippen LogP contribution in [-0.4, -0.2) is 9.13 Å². The third kappa shape index (κ3) is 7.37. The second-order valence-electron chi connectivity index (χ2n) is 18.9. The molecule has 342 valence electrons. The maximum Gasteiger partial charge on any atom is 0.0547 e. The van der Waals surface area contributed by atoms with Crippen LogP contribution in [0.15, 0.2) is 285 Å². The number of benzene rings is 12. The van der Waals surface area contributed by atoms with E-state index < -0.39 is 0 Å². The summed E-state index contributed by atoms with van der Waals surface area (Å²) in [7, 11) is 0. The molecule has 2 heterocycles. The molecule has 0 radical (unpaired) electrons. The van der Waals surface area contributed by atoms with Gasteiger partial charge in [0.05, 0.1) is 27.8 Å². The van der Waals surface area contributed by atoms with Crippen molar-refractivity contribution in [3.63, 3.8) is 0 Å². The molecule has 14 aromatic rings. The quantitative estimate of drug-likeness (QED) is 0.141. The Morgan fingerprint density at radius 3 is 1.15 bits per heavy atom. The van der Waals surface area contributed by atoms with Gasteiger partial charge in [0.15, 0.2) is 0 Å². The van der Waals surface area contributed by atoms with Crippen LogP contribution in [0.2, 0.25) is 0 Å². The summed E-state index contributed by atoms with van der Waals surface area (Å²) in [6.45, 7) is 0. The van der Waals surface area contributed by atoms with Gasteiger partial charge >= 0.3 is 0 Å². The lowest BCUT2D eigenvalue weighted by Crippen LogP contribution is -2.10. The summed E-state index contributed by atoms with van der Waals surface area (Å²) in [5, 5.41) is 7.45. The van der Waals surface area contributed by atoms with E-state index in [0.29, 0.717) is 0 Å². The molecule has 0 N–H and O–H groups in total. The van der Waals surface area contributed by atoms with Crippen molar-refractivity contribution in [3.05, 3.63) is 285 Å². The van der Waals surface area contributed by atoms with Crippen LogP contribution < -0.4 is 4.90 Å². The molecule has 3 nitrogen and oxygen atoms in total. The highest BCUT2D eigenvalue weighted by atomic mass is 15.1. The largest absolute Gasteiger partial charge is 0.310 e. The molecule has 12 aromatic carbocycles. The fraction of sp³-hybridized carbons (Fsp3) is 0. The molecule has 2 aromatic heterocycles. The summed E-state index contributed by atoms with van der Waals surface area (Å²) >= 11 is 0. The van der Waals surface area contributed by atoms with Gasteiger partial charge in [-0.3, -0.25) is 0 Å². The molecule has 73 heavy (non-hydrogen) atoms. The minimum Gasteiger partial charge on any atom is -0.310 e. The highest BCUT2D eigenvalue weighted by Gasteiger charge is 2.18. The molecular weight excluding hydrogens is 883 g/mol. The first kappa shape index (κ1) is 42.2. The summed E-state index contributed by atoms with van der Waals surface area (Å²) < 4.78 is 4.75. The van der Waals surface area contributed by atoms with Crippen molar-refractivity contribution in [1.29, 1.82) is 0 Å². The zero-order valence-corrected chi connectivity index (χ0v) is 40.0. The fourth-order valence-electron chi connectivity index (χ4n) is 11.2. The standard InChI is InChI=1S/C70H47N3/c1-3-16-57(17-4-1)72-68-24-12-10-22-63(68)65-46-55(39-45-69(65)72)52-30-26-48(27-31-52)50-34-40-59(41-35-50)71(66-25-13-15-54-14-7-8-20-61(54)66)60-42-36-51(37-43-60)49-28-32-53(33-29-49)56-38-44-64-62-21-9-11-23-67(62)73(70(64)47-56)58-18-5-2-6-19-58/h1-47H. The molecule has 0 bridgehead atoms. The zero-order chi connectivity index (χ0) is 48.2. The highest BCUT2D eigenvalue weighted by molar-refractivity contribution is 6.11. The van der Waals surface area contributed by atoms with Crippen molar-refractivity contribution < 1.29 is 0 Å². The third-order valence-corrected chi connectivity index (χ3v) is 14.7. The van der Waals surface area contributed by atoms with E-state index in [2.05, 4.69) is 299 Å². The maximum atomic E-state index is 2.39. The molecule has 0 saturated carbocycles. The first-order valence-electron chi connectivity index (χ1n) is 25.1. The lowest BCUT2D eigenvalue weighted by Gasteiger charge is -2.27. The highest BCUT2D eigenvalue weighted by Crippen LogP contribution is 2.42. The predicted molar refractivity (Wildman–Crippen MR) is 309 cm³/mol. The molecule has 0 unspecified atom stereocenters. The van der Waals surface area contributed by atoms with Gasteiger partial charge in [0.1, 0.15) is 0 Å². The summed E-state index contributed by atoms with van der Waals surface area (Å²) in [6.07, 6.45) is 0. The molecule has 0 aliphatic carbocycles. The Balaban J connectivity index is 0.758. The SMILES string of the molecule is c1ccc(-n2c3ccccc3c3cc(-c4ccc(-c5ccc(N(c6ccc(-c7ccc(-c8ccc9c%10ccccc%10n(-c%10ccccc%10)c9c8)cc7)cc6)c6cccc7ccccc67)cc5)cc4)ccc32)cc1. The lowest BCUT2D eigenvalue weighted by molar-refractivity contribution is 1.18. The van der Waals surface area contributed by atoms with Gasteiger partial charge in [0.25, 0.3) is 0 Å². The Kier molecular flexibility index (Phi) is 10.2. The van der Waals surface area contributed by atoms with Gasteiger partial charge in [-0.05, 0) is 135 Å². The van der Waals surface area contributed by atoms with Crippen molar-refractivity contribution in [1.82, 2.24) is 9.13 Å². The Hall–Kier alpha value is -9.70. The van der Waals surface area contributed by atoms with E-state index in [0.717, 1.165) is 22.7 Å². The molecule has 0 fully saturated rings. The lowest BCUT2D eigenvalue weighted by atomic mass is 9.98. The van der Waals surface area contributed by atoms with Crippen LogP contribution in [-0.2, 0) is 0 Å². The molecule has 0 amide bonds. The van der Waals surface area contributed by atoms with Crippen LogP contribution in [0.5, 0.6) is 0 Å². The smallest absolute Gasteiger partial charge is 0.0547 e. The van der Waals surface area contributed by atoms with Gasteiger partial charge in [0.2, 0.25) is 0 Å². The zero-order valence-electron chi connectivity index (χ0n) is 40.0. The van der Waals surface area contributed by atoms with E-state index in [1.807, 2.05) is 0 Å². The van der Waals surface area contributed by atoms with Crippen molar-refractivity contribution in [2.75, 3.05) is 4.90 Å². The normalized spacial score (nSPS) is 11.6. The molecule has 14 rings (SSSR count). The fourth-order valence-corrected chi connectivity index (χ4v) is 11.2. The van der Waals surface area contributed by atoms with Crippen LogP contribution in [0.25, 0.3) is 110 Å². The van der Waals surface area contributed by atoms with Crippen LogP contribution >= 0.6 is 0 Å². The van der Waals surface area contributed by atoms with Crippen molar-refractivity contribution >= 4 is 71.4 Å². The van der Waals surface area contributed by atoms with Crippen LogP contribution in [0.4, 0.5) is 17.1 Å².